The number of Topliss-reactive ketones (excluding diaryl/α,β-unsaturated/α-hetero) is 1. The molecular weight excluding hydrogens is 396 g/mol. The van der Waals surface area contributed by atoms with Crippen LogP contribution in [0.5, 0.6) is 0 Å². The number of rotatable bonds is 4. The number of aliphatic hydroxyl groups is 1. The zero-order valence-electron chi connectivity index (χ0n) is 15.7. The highest BCUT2D eigenvalue weighted by Crippen LogP contribution is 2.51. The van der Waals surface area contributed by atoms with Gasteiger partial charge in [0.2, 0.25) is 0 Å². The lowest BCUT2D eigenvalue weighted by molar-refractivity contribution is -0.142. The molecular formula is C21H27BrO4. The fourth-order valence-electron chi connectivity index (χ4n) is 4.52. The van der Waals surface area contributed by atoms with Crippen LogP contribution in [0.2, 0.25) is 0 Å². The molecule has 0 aliphatic heterocycles. The van der Waals surface area contributed by atoms with E-state index in [1.54, 1.807) is 0 Å². The lowest BCUT2D eigenvalue weighted by Crippen LogP contribution is -2.31. The molecule has 3 rings (SSSR count). The van der Waals surface area contributed by atoms with Crippen LogP contribution in [-0.2, 0) is 14.9 Å². The van der Waals surface area contributed by atoms with Gasteiger partial charge in [-0.3, -0.25) is 9.59 Å². The van der Waals surface area contributed by atoms with Crippen molar-refractivity contribution in [3.8, 4) is 0 Å². The Hall–Kier alpha value is -1.20. The zero-order chi connectivity index (χ0) is 19.1. The number of carbonyl (C=O) groups is 2. The summed E-state index contributed by atoms with van der Waals surface area (Å²) < 4.78 is 4.33. The number of alkyl halides is 1. The van der Waals surface area contributed by atoms with Crippen LogP contribution in [0.3, 0.4) is 0 Å². The van der Waals surface area contributed by atoms with Gasteiger partial charge in [0.15, 0.2) is 5.78 Å². The highest BCUT2D eigenvalue weighted by molar-refractivity contribution is 9.10. The van der Waals surface area contributed by atoms with Crippen molar-refractivity contribution in [2.24, 2.45) is 5.92 Å². The molecule has 4 nitrogen and oxygen atoms in total. The molecule has 0 bridgehead atoms. The summed E-state index contributed by atoms with van der Waals surface area (Å²) in [5, 5.41) is 10.5. The second-order valence-electron chi connectivity index (χ2n) is 8.38. The van der Waals surface area contributed by atoms with E-state index in [0.717, 1.165) is 42.4 Å². The van der Waals surface area contributed by atoms with Crippen LogP contribution in [-0.4, -0.2) is 28.3 Å². The second-order valence-corrected chi connectivity index (χ2v) is 10.4. The van der Waals surface area contributed by atoms with Gasteiger partial charge in [-0.25, -0.2) is 0 Å². The normalized spacial score (nSPS) is 26.7. The number of carbonyl (C=O) groups excluding carboxylic acids is 2. The van der Waals surface area contributed by atoms with Crippen LogP contribution in [0.15, 0.2) is 18.2 Å². The molecule has 1 saturated carbocycles. The summed E-state index contributed by atoms with van der Waals surface area (Å²) in [6.45, 7) is 3.83. The predicted octanol–water partition coefficient (Wildman–Crippen LogP) is 4.47. The molecule has 0 amide bonds. The molecule has 1 spiro atoms. The topological polar surface area (TPSA) is 63.6 Å². The largest absolute Gasteiger partial charge is 0.469 e. The van der Waals surface area contributed by atoms with Crippen LogP contribution < -0.4 is 0 Å². The first kappa shape index (κ1) is 19.6. The van der Waals surface area contributed by atoms with Gasteiger partial charge in [-0.05, 0) is 62.6 Å². The minimum Gasteiger partial charge on any atom is -0.469 e. The van der Waals surface area contributed by atoms with Gasteiger partial charge in [0.05, 0.1) is 17.5 Å². The number of esters is 1. The van der Waals surface area contributed by atoms with Gasteiger partial charge in [-0.2, -0.15) is 0 Å². The number of ether oxygens (including phenoxy) is 1. The van der Waals surface area contributed by atoms with E-state index in [2.05, 4.69) is 15.9 Å². The first-order chi connectivity index (χ1) is 12.2. The molecule has 26 heavy (non-hydrogen) atoms. The fraction of sp³-hybridized carbons (Fsp3) is 0.619. The maximum atomic E-state index is 12.7. The molecule has 0 heterocycles. The summed E-state index contributed by atoms with van der Waals surface area (Å²) in [5.74, 6) is 0.375. The van der Waals surface area contributed by atoms with Crippen molar-refractivity contribution >= 4 is 27.7 Å². The first-order valence-corrected chi connectivity index (χ1v) is 10.1. The number of hydrogen-bond acceptors (Lipinski definition) is 4. The number of benzene rings is 1. The smallest absolute Gasteiger partial charge is 0.305 e. The van der Waals surface area contributed by atoms with Gasteiger partial charge in [0, 0.05) is 23.8 Å². The lowest BCUT2D eigenvalue weighted by Gasteiger charge is -2.37. The Labute approximate surface area is 163 Å². The first-order valence-electron chi connectivity index (χ1n) is 9.28. The van der Waals surface area contributed by atoms with E-state index in [1.165, 1.54) is 7.11 Å². The molecule has 1 atom stereocenters. The number of ketones is 1. The van der Waals surface area contributed by atoms with E-state index in [9.17, 15) is 14.7 Å². The SMILES string of the molecule is COC(=O)CC1CCC2(CC1)CC(=O)c1cc(C(O)C(C)(C)Br)ccc12. The Kier molecular flexibility index (Phi) is 5.33. The Morgan fingerprint density at radius 3 is 2.62 bits per heavy atom. The molecule has 1 aromatic carbocycles. The van der Waals surface area contributed by atoms with Gasteiger partial charge in [0.25, 0.3) is 0 Å². The van der Waals surface area contributed by atoms with E-state index >= 15 is 0 Å². The van der Waals surface area contributed by atoms with Gasteiger partial charge in [-0.15, -0.1) is 0 Å². The molecule has 1 N–H and O–H groups in total. The van der Waals surface area contributed by atoms with Crippen molar-refractivity contribution in [2.45, 2.75) is 68.2 Å². The third-order valence-electron chi connectivity index (χ3n) is 6.13. The summed E-state index contributed by atoms with van der Waals surface area (Å²) in [4.78, 5) is 24.2. The average molecular weight is 423 g/mol. The lowest BCUT2D eigenvalue weighted by atomic mass is 9.66. The summed E-state index contributed by atoms with van der Waals surface area (Å²) >= 11 is 3.51. The molecule has 1 fully saturated rings. The maximum absolute atomic E-state index is 12.7. The molecule has 2 aliphatic rings. The highest BCUT2D eigenvalue weighted by Gasteiger charge is 2.45. The molecule has 0 aromatic heterocycles. The summed E-state index contributed by atoms with van der Waals surface area (Å²) in [6, 6.07) is 5.87. The minimum absolute atomic E-state index is 0.0908. The van der Waals surface area contributed by atoms with E-state index < -0.39 is 10.4 Å². The summed E-state index contributed by atoms with van der Waals surface area (Å²) in [6.07, 6.45) is 4.09. The minimum atomic E-state index is -0.673. The van der Waals surface area contributed by atoms with E-state index in [4.69, 9.17) is 4.74 Å². The number of methoxy groups -OCH3 is 1. The molecule has 2 aliphatic carbocycles. The molecule has 1 aromatic rings. The Morgan fingerprint density at radius 2 is 2.04 bits per heavy atom. The summed E-state index contributed by atoms with van der Waals surface area (Å²) in [7, 11) is 1.43. The van der Waals surface area contributed by atoms with Crippen molar-refractivity contribution in [3.05, 3.63) is 34.9 Å². The summed E-state index contributed by atoms with van der Waals surface area (Å²) in [5.41, 5.74) is 2.58. The van der Waals surface area contributed by atoms with Crippen molar-refractivity contribution in [2.75, 3.05) is 7.11 Å². The molecule has 1 unspecified atom stereocenters. The third kappa shape index (κ3) is 3.61. The quantitative estimate of drug-likeness (QED) is 0.573. The van der Waals surface area contributed by atoms with Crippen molar-refractivity contribution < 1.29 is 19.4 Å². The van der Waals surface area contributed by atoms with Crippen LogP contribution in [0.1, 0.15) is 80.0 Å². The van der Waals surface area contributed by atoms with Gasteiger partial charge in [0.1, 0.15) is 0 Å². The van der Waals surface area contributed by atoms with Crippen LogP contribution in [0.25, 0.3) is 0 Å². The molecule has 142 valence electrons. The third-order valence-corrected chi connectivity index (χ3v) is 6.56. The number of fused-ring (bicyclic) bond motifs is 2. The highest BCUT2D eigenvalue weighted by atomic mass is 79.9. The molecule has 5 heteroatoms. The monoisotopic (exact) mass is 422 g/mol. The standard InChI is InChI=1S/C21H27BrO4/c1-20(2,22)19(25)14-4-5-16-15(11-14)17(23)12-21(16)8-6-13(7-9-21)10-18(24)26-3/h4-5,11,13,19,25H,6-10,12H2,1-3H3. The van der Waals surface area contributed by atoms with Gasteiger partial charge < -0.3 is 9.84 Å². The van der Waals surface area contributed by atoms with Crippen molar-refractivity contribution in [1.82, 2.24) is 0 Å². The Bertz CT molecular complexity index is 711. The second kappa shape index (κ2) is 7.08. The van der Waals surface area contributed by atoms with Crippen molar-refractivity contribution in [3.63, 3.8) is 0 Å². The average Bonchev–Trinajstić information content (AvgIpc) is 2.87. The maximum Gasteiger partial charge on any atom is 0.305 e. The zero-order valence-corrected chi connectivity index (χ0v) is 17.3. The van der Waals surface area contributed by atoms with E-state index in [0.29, 0.717) is 18.8 Å². The number of hydrogen-bond donors (Lipinski definition) is 1. The van der Waals surface area contributed by atoms with E-state index in [1.807, 2.05) is 32.0 Å². The number of halogens is 1. The molecule has 0 radical (unpaired) electrons. The fourth-order valence-corrected chi connectivity index (χ4v) is 4.78. The van der Waals surface area contributed by atoms with Gasteiger partial charge in [-0.1, -0.05) is 28.1 Å². The van der Waals surface area contributed by atoms with E-state index in [-0.39, 0.29) is 17.2 Å². The van der Waals surface area contributed by atoms with Crippen molar-refractivity contribution in [1.29, 1.82) is 0 Å². The predicted molar refractivity (Wildman–Crippen MR) is 104 cm³/mol. The van der Waals surface area contributed by atoms with Crippen LogP contribution in [0.4, 0.5) is 0 Å². The van der Waals surface area contributed by atoms with Crippen LogP contribution >= 0.6 is 15.9 Å². The number of aliphatic hydroxyl groups excluding tert-OH is 1. The van der Waals surface area contributed by atoms with Gasteiger partial charge >= 0.3 is 5.97 Å². The Morgan fingerprint density at radius 1 is 1.38 bits per heavy atom. The van der Waals surface area contributed by atoms with Crippen LogP contribution in [0, 0.1) is 5.92 Å². The molecule has 0 saturated heterocycles. The Balaban J connectivity index is 1.81.